The van der Waals surface area contributed by atoms with Gasteiger partial charge in [0.25, 0.3) is 10.0 Å². The highest BCUT2D eigenvalue weighted by atomic mass is 32.2. The van der Waals surface area contributed by atoms with E-state index >= 15 is 0 Å². The maximum Gasteiger partial charge on any atom is 0.341 e. The summed E-state index contributed by atoms with van der Waals surface area (Å²) in [6.45, 7) is 1.98. The second-order valence-corrected chi connectivity index (χ2v) is 7.99. The molecule has 7 nitrogen and oxygen atoms in total. The molecule has 2 aliphatic carbocycles. The summed E-state index contributed by atoms with van der Waals surface area (Å²) in [6, 6.07) is 0.997. The van der Waals surface area contributed by atoms with Gasteiger partial charge in [0, 0.05) is 24.6 Å². The molecule has 0 bridgehead atoms. The van der Waals surface area contributed by atoms with Gasteiger partial charge in [-0.3, -0.25) is 0 Å². The fourth-order valence-corrected chi connectivity index (χ4v) is 5.40. The average Bonchev–Trinajstić information content (AvgIpc) is 2.97. The Morgan fingerprint density at radius 3 is 2.61 bits per heavy atom. The molecule has 8 heteroatoms. The minimum atomic E-state index is -3.83. The van der Waals surface area contributed by atoms with E-state index in [9.17, 15) is 13.2 Å². The molecule has 1 aromatic rings. The Labute approximate surface area is 135 Å². The molecule has 2 fully saturated rings. The van der Waals surface area contributed by atoms with Gasteiger partial charge in [0.05, 0.1) is 18.8 Å². The molecule has 1 aromatic heterocycles. The third kappa shape index (κ3) is 2.40. The Hall–Kier alpha value is -1.38. The Balaban J connectivity index is 1.79. The first-order chi connectivity index (χ1) is 10.9. The number of esters is 1. The van der Waals surface area contributed by atoms with Crippen LogP contribution in [0.15, 0.2) is 21.8 Å². The minimum Gasteiger partial charge on any atom is -0.465 e. The van der Waals surface area contributed by atoms with Crippen LogP contribution >= 0.6 is 0 Å². The normalized spacial score (nSPS) is 28.9. The summed E-state index contributed by atoms with van der Waals surface area (Å²) >= 11 is 0. The molecule has 2 aliphatic rings. The number of nitrogens with one attached hydrogen (secondary N) is 1. The topological polar surface area (TPSA) is 94.8 Å². The highest BCUT2D eigenvalue weighted by molar-refractivity contribution is 7.89. The fourth-order valence-electron chi connectivity index (χ4n) is 4.04. The summed E-state index contributed by atoms with van der Waals surface area (Å²) in [5, 5.41) is -0.277. The lowest BCUT2D eigenvalue weighted by molar-refractivity contribution is -0.195. The molecule has 1 heterocycles. The van der Waals surface area contributed by atoms with Crippen molar-refractivity contribution in [1.82, 2.24) is 4.72 Å². The zero-order valence-electron chi connectivity index (χ0n) is 13.4. The van der Waals surface area contributed by atoms with Crippen molar-refractivity contribution < 1.29 is 27.1 Å². The molecule has 23 heavy (non-hydrogen) atoms. The van der Waals surface area contributed by atoms with Crippen LogP contribution in [0.4, 0.5) is 0 Å². The molecule has 0 amide bonds. The number of ether oxygens (including phenoxy) is 2. The molecular weight excluding hydrogens is 322 g/mol. The zero-order valence-corrected chi connectivity index (χ0v) is 14.2. The number of hydrogen-bond donors (Lipinski definition) is 1. The summed E-state index contributed by atoms with van der Waals surface area (Å²) in [7, 11) is -0.940. The Bertz CT molecular complexity index is 705. The van der Waals surface area contributed by atoms with Crippen molar-refractivity contribution >= 4 is 16.0 Å². The van der Waals surface area contributed by atoms with Crippen molar-refractivity contribution in [3.63, 3.8) is 0 Å². The van der Waals surface area contributed by atoms with Crippen molar-refractivity contribution in [2.75, 3.05) is 14.2 Å². The van der Waals surface area contributed by atoms with Gasteiger partial charge < -0.3 is 13.9 Å². The molecule has 3 rings (SSSR count). The number of carbonyl (C=O) groups excluding carboxylic acids is 1. The first-order valence-electron chi connectivity index (χ1n) is 7.58. The third-order valence-electron chi connectivity index (χ3n) is 5.27. The number of sulfonamides is 1. The van der Waals surface area contributed by atoms with Crippen molar-refractivity contribution in [2.24, 2.45) is 11.3 Å². The molecule has 128 valence electrons. The van der Waals surface area contributed by atoms with Crippen LogP contribution in [0.1, 0.15) is 36.5 Å². The molecule has 1 spiro atoms. The van der Waals surface area contributed by atoms with Gasteiger partial charge in [0.2, 0.25) is 5.09 Å². The minimum absolute atomic E-state index is 0.0719. The van der Waals surface area contributed by atoms with Crippen LogP contribution in [0.5, 0.6) is 0 Å². The SMILES string of the molecule is COC(=O)c1coc(S(=O)(=O)NC2C(C)C(OC)C23CCC3)c1. The van der Waals surface area contributed by atoms with Gasteiger partial charge in [-0.05, 0) is 18.8 Å². The second kappa shape index (κ2) is 5.61. The first kappa shape index (κ1) is 16.5. The third-order valence-corrected chi connectivity index (χ3v) is 6.58. The molecule has 0 radical (unpaired) electrons. The molecule has 0 saturated heterocycles. The number of methoxy groups -OCH3 is 2. The number of hydrogen-bond acceptors (Lipinski definition) is 6. The van der Waals surface area contributed by atoms with Crippen molar-refractivity contribution in [3.05, 3.63) is 17.9 Å². The lowest BCUT2D eigenvalue weighted by Crippen LogP contribution is -2.72. The van der Waals surface area contributed by atoms with Crippen molar-refractivity contribution in [2.45, 2.75) is 43.4 Å². The second-order valence-electron chi connectivity index (χ2n) is 6.35. The standard InChI is InChI=1S/C15H21NO6S/c1-9-12(15(5-4-6-15)13(9)20-2)16-23(18,19)11-7-10(8-22-11)14(17)21-3/h7-9,12-13,16H,4-6H2,1-3H3. The summed E-state index contributed by atoms with van der Waals surface area (Å²) in [5.41, 5.74) is -0.0402. The van der Waals surface area contributed by atoms with E-state index in [1.54, 1.807) is 7.11 Å². The quantitative estimate of drug-likeness (QED) is 0.815. The largest absolute Gasteiger partial charge is 0.465 e. The van der Waals surface area contributed by atoms with Gasteiger partial charge in [-0.2, -0.15) is 0 Å². The van der Waals surface area contributed by atoms with E-state index in [1.165, 1.54) is 13.2 Å². The predicted molar refractivity (Wildman–Crippen MR) is 80.4 cm³/mol. The lowest BCUT2D eigenvalue weighted by atomic mass is 9.47. The molecule has 0 aromatic carbocycles. The predicted octanol–water partition coefficient (Wildman–Crippen LogP) is 1.55. The molecule has 2 saturated carbocycles. The van der Waals surface area contributed by atoms with Gasteiger partial charge in [-0.15, -0.1) is 0 Å². The van der Waals surface area contributed by atoms with Crippen LogP contribution in [-0.4, -0.2) is 40.8 Å². The molecule has 3 unspecified atom stereocenters. The van der Waals surface area contributed by atoms with E-state index in [-0.39, 0.29) is 34.1 Å². The maximum atomic E-state index is 12.5. The Morgan fingerprint density at radius 2 is 2.09 bits per heavy atom. The Kier molecular flexibility index (Phi) is 4.02. The summed E-state index contributed by atoms with van der Waals surface area (Å²) in [4.78, 5) is 11.4. The van der Waals surface area contributed by atoms with Gasteiger partial charge in [-0.25, -0.2) is 17.9 Å². The molecular formula is C15H21NO6S. The van der Waals surface area contributed by atoms with Crippen LogP contribution in [0.2, 0.25) is 0 Å². The Morgan fingerprint density at radius 1 is 1.39 bits per heavy atom. The van der Waals surface area contributed by atoms with Crippen LogP contribution in [0, 0.1) is 11.3 Å². The highest BCUT2D eigenvalue weighted by Crippen LogP contribution is 2.60. The van der Waals surface area contributed by atoms with Gasteiger partial charge in [-0.1, -0.05) is 13.3 Å². The van der Waals surface area contributed by atoms with Gasteiger partial charge in [0.1, 0.15) is 6.26 Å². The average molecular weight is 343 g/mol. The summed E-state index contributed by atoms with van der Waals surface area (Å²) < 4.78 is 42.9. The van der Waals surface area contributed by atoms with E-state index in [0.717, 1.165) is 25.5 Å². The summed E-state index contributed by atoms with van der Waals surface area (Å²) in [6.07, 6.45) is 4.15. The van der Waals surface area contributed by atoms with Crippen LogP contribution in [0.25, 0.3) is 0 Å². The molecule has 3 atom stereocenters. The fraction of sp³-hybridized carbons (Fsp3) is 0.667. The molecule has 1 N–H and O–H groups in total. The van der Waals surface area contributed by atoms with E-state index in [1.807, 2.05) is 6.92 Å². The van der Waals surface area contributed by atoms with Crippen LogP contribution in [0.3, 0.4) is 0 Å². The van der Waals surface area contributed by atoms with Crippen molar-refractivity contribution in [1.29, 1.82) is 0 Å². The lowest BCUT2D eigenvalue weighted by Gasteiger charge is -2.64. The first-order valence-corrected chi connectivity index (χ1v) is 9.06. The van der Waals surface area contributed by atoms with Gasteiger partial charge >= 0.3 is 5.97 Å². The van der Waals surface area contributed by atoms with Crippen LogP contribution in [-0.2, 0) is 19.5 Å². The van der Waals surface area contributed by atoms with Crippen molar-refractivity contribution in [3.8, 4) is 0 Å². The monoisotopic (exact) mass is 343 g/mol. The van der Waals surface area contributed by atoms with E-state index in [4.69, 9.17) is 9.15 Å². The van der Waals surface area contributed by atoms with Gasteiger partial charge in [0.15, 0.2) is 0 Å². The van der Waals surface area contributed by atoms with Crippen LogP contribution < -0.4 is 4.72 Å². The molecule has 0 aliphatic heterocycles. The smallest absolute Gasteiger partial charge is 0.341 e. The number of furan rings is 1. The van der Waals surface area contributed by atoms with E-state index < -0.39 is 16.0 Å². The number of rotatable bonds is 5. The highest BCUT2D eigenvalue weighted by Gasteiger charge is 2.64. The van der Waals surface area contributed by atoms with E-state index in [2.05, 4.69) is 9.46 Å². The number of carbonyl (C=O) groups is 1. The maximum absolute atomic E-state index is 12.5. The summed E-state index contributed by atoms with van der Waals surface area (Å²) in [5.74, 6) is -0.549. The van der Waals surface area contributed by atoms with E-state index in [0.29, 0.717) is 0 Å². The zero-order chi connectivity index (χ0) is 16.8.